The van der Waals surface area contributed by atoms with Gasteiger partial charge in [-0.15, -0.1) is 0 Å². The Bertz CT molecular complexity index is 533. The predicted molar refractivity (Wildman–Crippen MR) is 79.8 cm³/mol. The fraction of sp³-hybridized carbons (Fsp3) is 0.533. The maximum atomic E-state index is 11.9. The first-order valence-electron chi connectivity index (χ1n) is 6.63. The van der Waals surface area contributed by atoms with Crippen LogP contribution in [0.3, 0.4) is 0 Å². The molecule has 1 aliphatic rings. The molecule has 1 aromatic carbocycles. The maximum absolute atomic E-state index is 11.9. The molecule has 1 fully saturated rings. The van der Waals surface area contributed by atoms with E-state index in [0.717, 1.165) is 18.4 Å². The second kappa shape index (κ2) is 5.64. The van der Waals surface area contributed by atoms with Gasteiger partial charge >= 0.3 is 5.97 Å². The fourth-order valence-corrected chi connectivity index (χ4v) is 4.19. The number of halogens is 1. The van der Waals surface area contributed by atoms with E-state index in [4.69, 9.17) is 9.47 Å². The van der Waals surface area contributed by atoms with Gasteiger partial charge in [-0.05, 0) is 47.3 Å². The molecule has 0 aromatic heterocycles. The molecule has 1 N–H and O–H groups in total. The topological polar surface area (TPSA) is 55.8 Å². The molecule has 5 heteroatoms. The summed E-state index contributed by atoms with van der Waals surface area (Å²) in [5.41, 5.74) is 0.733. The number of ether oxygens (including phenoxy) is 2. The van der Waals surface area contributed by atoms with Crippen LogP contribution < -0.4 is 9.47 Å². The van der Waals surface area contributed by atoms with Crippen LogP contribution in [0.5, 0.6) is 11.5 Å². The number of benzene rings is 1. The van der Waals surface area contributed by atoms with Gasteiger partial charge in [0.2, 0.25) is 0 Å². The van der Waals surface area contributed by atoms with Crippen molar-refractivity contribution < 1.29 is 19.4 Å². The molecule has 1 saturated carbocycles. The summed E-state index contributed by atoms with van der Waals surface area (Å²) in [6.07, 6.45) is 3.09. The Labute approximate surface area is 127 Å². The van der Waals surface area contributed by atoms with E-state index in [1.165, 1.54) is 0 Å². The van der Waals surface area contributed by atoms with Gasteiger partial charge in [0.25, 0.3) is 0 Å². The molecule has 0 saturated heterocycles. The van der Waals surface area contributed by atoms with Gasteiger partial charge in [0.05, 0.1) is 24.1 Å². The van der Waals surface area contributed by atoms with Gasteiger partial charge < -0.3 is 14.6 Å². The molecule has 0 spiro atoms. The molecule has 1 aliphatic carbocycles. The Morgan fingerprint density at radius 3 is 2.35 bits per heavy atom. The van der Waals surface area contributed by atoms with Gasteiger partial charge in [0.15, 0.2) is 0 Å². The molecule has 0 bridgehead atoms. The highest BCUT2D eigenvalue weighted by Gasteiger charge is 2.47. The van der Waals surface area contributed by atoms with Crippen molar-refractivity contribution in [2.75, 3.05) is 14.2 Å². The summed E-state index contributed by atoms with van der Waals surface area (Å²) in [6, 6.07) is 1.85. The molecule has 0 unspecified atom stereocenters. The largest absolute Gasteiger partial charge is 0.496 e. The minimum Gasteiger partial charge on any atom is -0.496 e. The summed E-state index contributed by atoms with van der Waals surface area (Å²) < 4.78 is 11.5. The number of aryl methyl sites for hydroxylation is 1. The summed E-state index contributed by atoms with van der Waals surface area (Å²) in [7, 11) is 3.16. The van der Waals surface area contributed by atoms with Crippen molar-refractivity contribution in [3.05, 3.63) is 21.7 Å². The highest BCUT2D eigenvalue weighted by Crippen LogP contribution is 2.51. The number of methoxy groups -OCH3 is 2. The van der Waals surface area contributed by atoms with E-state index >= 15 is 0 Å². The second-order valence-electron chi connectivity index (χ2n) is 5.21. The molecular formula is C15H19BrO4. The van der Waals surface area contributed by atoms with E-state index < -0.39 is 11.4 Å². The van der Waals surface area contributed by atoms with Crippen LogP contribution in [-0.4, -0.2) is 25.3 Å². The zero-order chi connectivity index (χ0) is 14.9. The third kappa shape index (κ3) is 2.18. The van der Waals surface area contributed by atoms with E-state index in [1.54, 1.807) is 14.2 Å². The van der Waals surface area contributed by atoms with E-state index in [9.17, 15) is 9.90 Å². The smallest absolute Gasteiger partial charge is 0.314 e. The lowest BCUT2D eigenvalue weighted by Gasteiger charge is -2.29. The van der Waals surface area contributed by atoms with Crippen molar-refractivity contribution in [3.63, 3.8) is 0 Å². The normalized spacial score (nSPS) is 17.0. The number of rotatable bonds is 4. The summed E-state index contributed by atoms with van der Waals surface area (Å²) in [5.74, 6) is 0.493. The van der Waals surface area contributed by atoms with E-state index in [0.29, 0.717) is 34.4 Å². The van der Waals surface area contributed by atoms with Crippen LogP contribution in [-0.2, 0) is 10.2 Å². The first kappa shape index (κ1) is 15.2. The first-order valence-corrected chi connectivity index (χ1v) is 7.42. The standard InChI is InChI=1S/C15H19BrO4/c1-9-8-10(19-2)11(12(16)13(9)20-3)15(14(17)18)6-4-5-7-15/h8H,4-7H2,1-3H3,(H,17,18). The SMILES string of the molecule is COc1cc(C)c(OC)c(Br)c1C1(C(=O)O)CCCC1. The summed E-state index contributed by atoms with van der Waals surface area (Å²) in [4.78, 5) is 11.9. The second-order valence-corrected chi connectivity index (χ2v) is 6.01. The van der Waals surface area contributed by atoms with Crippen LogP contribution >= 0.6 is 15.9 Å². The lowest BCUT2D eigenvalue weighted by molar-refractivity contribution is -0.143. The summed E-state index contributed by atoms with van der Waals surface area (Å²) >= 11 is 3.53. The Kier molecular flexibility index (Phi) is 4.28. The molecule has 0 amide bonds. The summed E-state index contributed by atoms with van der Waals surface area (Å²) in [5, 5.41) is 9.78. The monoisotopic (exact) mass is 342 g/mol. The Morgan fingerprint density at radius 2 is 1.90 bits per heavy atom. The Balaban J connectivity index is 2.74. The molecule has 2 rings (SSSR count). The number of hydrogen-bond acceptors (Lipinski definition) is 3. The lowest BCUT2D eigenvalue weighted by Crippen LogP contribution is -2.33. The highest BCUT2D eigenvalue weighted by atomic mass is 79.9. The molecule has 4 nitrogen and oxygen atoms in total. The van der Waals surface area contributed by atoms with Crippen molar-refractivity contribution in [3.8, 4) is 11.5 Å². The lowest BCUT2D eigenvalue weighted by atomic mass is 9.78. The van der Waals surface area contributed by atoms with Crippen molar-refractivity contribution >= 4 is 21.9 Å². The Hall–Kier alpha value is -1.23. The number of carbonyl (C=O) groups is 1. The molecule has 0 heterocycles. The zero-order valence-corrected chi connectivity index (χ0v) is 13.5. The van der Waals surface area contributed by atoms with Crippen LogP contribution in [0.15, 0.2) is 10.5 Å². The van der Waals surface area contributed by atoms with E-state index in [2.05, 4.69) is 15.9 Å². The molecule has 0 radical (unpaired) electrons. The van der Waals surface area contributed by atoms with Crippen molar-refractivity contribution in [2.24, 2.45) is 0 Å². The van der Waals surface area contributed by atoms with Crippen molar-refractivity contribution in [1.82, 2.24) is 0 Å². The molecule has 1 aromatic rings. The number of aliphatic carboxylic acids is 1. The Morgan fingerprint density at radius 1 is 1.30 bits per heavy atom. The fourth-order valence-electron chi connectivity index (χ4n) is 3.14. The molecule has 0 aliphatic heterocycles. The average molecular weight is 343 g/mol. The van der Waals surface area contributed by atoms with E-state index in [1.807, 2.05) is 13.0 Å². The molecule has 110 valence electrons. The summed E-state index contributed by atoms with van der Waals surface area (Å²) in [6.45, 7) is 1.91. The minimum absolute atomic E-state index is 0.611. The molecule has 20 heavy (non-hydrogen) atoms. The third-order valence-electron chi connectivity index (χ3n) is 4.14. The van der Waals surface area contributed by atoms with Gasteiger partial charge in [-0.2, -0.15) is 0 Å². The third-order valence-corrected chi connectivity index (χ3v) is 4.90. The number of hydrogen-bond donors (Lipinski definition) is 1. The van der Waals surface area contributed by atoms with Gasteiger partial charge in [0.1, 0.15) is 11.5 Å². The average Bonchev–Trinajstić information content (AvgIpc) is 2.88. The highest BCUT2D eigenvalue weighted by molar-refractivity contribution is 9.10. The van der Waals surface area contributed by atoms with Gasteiger partial charge in [-0.25, -0.2) is 0 Å². The maximum Gasteiger partial charge on any atom is 0.314 e. The van der Waals surface area contributed by atoms with Crippen LogP contribution in [0.1, 0.15) is 36.8 Å². The van der Waals surface area contributed by atoms with Crippen molar-refractivity contribution in [1.29, 1.82) is 0 Å². The van der Waals surface area contributed by atoms with Crippen LogP contribution in [0.4, 0.5) is 0 Å². The van der Waals surface area contributed by atoms with Gasteiger partial charge in [0, 0.05) is 5.56 Å². The van der Waals surface area contributed by atoms with Crippen LogP contribution in [0, 0.1) is 6.92 Å². The molecular weight excluding hydrogens is 324 g/mol. The zero-order valence-electron chi connectivity index (χ0n) is 12.0. The van der Waals surface area contributed by atoms with Crippen molar-refractivity contribution in [2.45, 2.75) is 38.0 Å². The molecule has 0 atom stereocenters. The number of carboxylic acids is 1. The number of carboxylic acid groups (broad SMARTS) is 1. The van der Waals surface area contributed by atoms with Gasteiger partial charge in [-0.3, -0.25) is 4.79 Å². The predicted octanol–water partition coefficient (Wildman–Crippen LogP) is 3.67. The first-order chi connectivity index (χ1) is 9.47. The minimum atomic E-state index is -0.884. The van der Waals surface area contributed by atoms with Gasteiger partial charge in [-0.1, -0.05) is 12.8 Å². The van der Waals surface area contributed by atoms with Crippen LogP contribution in [0.2, 0.25) is 0 Å². The quantitative estimate of drug-likeness (QED) is 0.906. The van der Waals surface area contributed by atoms with E-state index in [-0.39, 0.29) is 0 Å². The van der Waals surface area contributed by atoms with Crippen LogP contribution in [0.25, 0.3) is 0 Å².